The molecular formula is C36H47NO8. The fourth-order valence-corrected chi connectivity index (χ4v) is 4.44. The molecule has 9 nitrogen and oxygen atoms in total. The van der Waals surface area contributed by atoms with Crippen LogP contribution < -0.4 is 24.4 Å². The maximum Gasteiger partial charge on any atom is 0.269 e. The van der Waals surface area contributed by atoms with E-state index in [2.05, 4.69) is 47.0 Å². The molecule has 0 bridgehead atoms. The smallest absolute Gasteiger partial charge is 0.269 e. The summed E-state index contributed by atoms with van der Waals surface area (Å²) < 4.78 is 36.5. The van der Waals surface area contributed by atoms with Crippen LogP contribution in [0.5, 0.6) is 23.0 Å². The quantitative estimate of drug-likeness (QED) is 0.327. The third-order valence-corrected chi connectivity index (χ3v) is 7.16. The molecule has 1 amide bonds. The van der Waals surface area contributed by atoms with Gasteiger partial charge in [0.05, 0.1) is 19.8 Å². The van der Waals surface area contributed by atoms with Crippen molar-refractivity contribution in [3.63, 3.8) is 0 Å². The van der Waals surface area contributed by atoms with Crippen molar-refractivity contribution in [3.05, 3.63) is 83.4 Å². The summed E-state index contributed by atoms with van der Waals surface area (Å²) in [5, 5.41) is 0. The first-order valence-electron chi connectivity index (χ1n) is 15.4. The molecule has 1 aliphatic heterocycles. The Kier molecular flexibility index (Phi) is 12.1. The topological polar surface area (TPSA) is 93.7 Å². The van der Waals surface area contributed by atoms with E-state index >= 15 is 0 Å². The van der Waals surface area contributed by atoms with Gasteiger partial charge in [0.25, 0.3) is 5.91 Å². The number of rotatable bonds is 6. The lowest BCUT2D eigenvalue weighted by Crippen LogP contribution is -2.35. The highest BCUT2D eigenvalue weighted by molar-refractivity contribution is 5.76. The summed E-state index contributed by atoms with van der Waals surface area (Å²) >= 11 is 0. The molecule has 9 heteroatoms. The minimum atomic E-state index is -0.613. The summed E-state index contributed by atoms with van der Waals surface area (Å²) in [6.45, 7) is 14.5. The maximum absolute atomic E-state index is 12.6. The summed E-state index contributed by atoms with van der Waals surface area (Å²) in [5.41, 5.74) is 5.39. The minimum absolute atomic E-state index is 0.0952. The Morgan fingerprint density at radius 2 is 1.24 bits per heavy atom. The van der Waals surface area contributed by atoms with Gasteiger partial charge in [0.2, 0.25) is 0 Å². The van der Waals surface area contributed by atoms with E-state index in [0.29, 0.717) is 49.4 Å². The van der Waals surface area contributed by atoms with Gasteiger partial charge in [-0.2, -0.15) is 0 Å². The summed E-state index contributed by atoms with van der Waals surface area (Å²) in [5.74, 6) is 1.94. The lowest BCUT2D eigenvalue weighted by atomic mass is 9.87. The van der Waals surface area contributed by atoms with Crippen molar-refractivity contribution < 1.29 is 38.1 Å². The molecular weight excluding hydrogens is 574 g/mol. The number of hydrogen-bond acceptors (Lipinski definition) is 8. The van der Waals surface area contributed by atoms with Crippen LogP contribution in [0.2, 0.25) is 0 Å². The van der Waals surface area contributed by atoms with Crippen LogP contribution in [0, 0.1) is 0 Å². The molecule has 1 aliphatic rings. The second-order valence-corrected chi connectivity index (χ2v) is 13.0. The van der Waals surface area contributed by atoms with Crippen LogP contribution in [-0.4, -0.2) is 58.3 Å². The Morgan fingerprint density at radius 1 is 0.711 bits per heavy atom. The molecule has 0 spiro atoms. The number of hydroxylamine groups is 1. The summed E-state index contributed by atoms with van der Waals surface area (Å²) in [7, 11) is 0. The molecule has 0 aromatic heterocycles. The predicted molar refractivity (Wildman–Crippen MR) is 172 cm³/mol. The zero-order valence-corrected chi connectivity index (χ0v) is 27.4. The van der Waals surface area contributed by atoms with Crippen LogP contribution >= 0.6 is 0 Å². The number of hydrogen-bond donors (Lipinski definition) is 1. The number of amides is 1. The number of carbonyl (C=O) groups excluding carboxylic acids is 1. The third-order valence-electron chi connectivity index (χ3n) is 7.16. The SMILES string of the molecule is CC(C)(C)c1ccc2c(c1)OCC(OCC(=O)NOCc1ccccc1)COc1cc(C(C)(C)C)ccc1OCCOCCO2. The fourth-order valence-electron chi connectivity index (χ4n) is 4.44. The van der Waals surface area contributed by atoms with E-state index < -0.39 is 12.0 Å². The lowest BCUT2D eigenvalue weighted by Gasteiger charge is -2.25. The third kappa shape index (κ3) is 11.0. The first kappa shape index (κ1) is 34.1. The van der Waals surface area contributed by atoms with E-state index in [1.807, 2.05) is 66.7 Å². The van der Waals surface area contributed by atoms with Gasteiger partial charge in [-0.1, -0.05) is 84.0 Å². The highest BCUT2D eigenvalue weighted by atomic mass is 16.7. The van der Waals surface area contributed by atoms with Gasteiger partial charge in [0, 0.05) is 0 Å². The van der Waals surface area contributed by atoms with Gasteiger partial charge in [-0.25, -0.2) is 5.48 Å². The highest BCUT2D eigenvalue weighted by Crippen LogP contribution is 2.35. The van der Waals surface area contributed by atoms with Gasteiger partial charge in [0.15, 0.2) is 23.0 Å². The van der Waals surface area contributed by atoms with Gasteiger partial charge in [-0.3, -0.25) is 9.63 Å². The number of benzene rings is 3. The molecule has 0 fully saturated rings. The Morgan fingerprint density at radius 3 is 1.76 bits per heavy atom. The van der Waals surface area contributed by atoms with Crippen LogP contribution in [0.1, 0.15) is 58.2 Å². The molecule has 0 radical (unpaired) electrons. The molecule has 0 aliphatic carbocycles. The number of nitrogens with one attached hydrogen (secondary N) is 1. The summed E-state index contributed by atoms with van der Waals surface area (Å²) in [6.07, 6.45) is -0.613. The Labute approximate surface area is 267 Å². The minimum Gasteiger partial charge on any atom is -0.487 e. The van der Waals surface area contributed by atoms with Crippen molar-refractivity contribution in [1.29, 1.82) is 0 Å². The molecule has 45 heavy (non-hydrogen) atoms. The summed E-state index contributed by atoms with van der Waals surface area (Å²) in [4.78, 5) is 18.0. The standard InChI is InChI=1S/C36H47NO8/c1-35(2,3)27-12-14-30-32(20-27)43-23-29(42-25-34(38)37-45-22-26-10-8-7-9-11-26)24-44-33-21-28(36(4,5)6)13-15-31(33)41-19-17-39-16-18-40-30/h7-15,20-21,29H,16-19,22-25H2,1-6H3,(H,37,38). The highest BCUT2D eigenvalue weighted by Gasteiger charge is 2.22. The van der Waals surface area contributed by atoms with Gasteiger partial charge in [-0.05, 0) is 51.8 Å². The van der Waals surface area contributed by atoms with Crippen molar-refractivity contribution in [1.82, 2.24) is 5.48 Å². The molecule has 1 N–H and O–H groups in total. The van der Waals surface area contributed by atoms with E-state index in [1.165, 1.54) is 0 Å². The Bertz CT molecular complexity index is 1290. The van der Waals surface area contributed by atoms with E-state index in [4.69, 9.17) is 33.3 Å². The lowest BCUT2D eigenvalue weighted by molar-refractivity contribution is -0.142. The van der Waals surface area contributed by atoms with Crippen molar-refractivity contribution in [2.24, 2.45) is 0 Å². The molecule has 0 unspecified atom stereocenters. The van der Waals surface area contributed by atoms with E-state index in [9.17, 15) is 4.79 Å². The van der Waals surface area contributed by atoms with E-state index in [-0.39, 0.29) is 37.3 Å². The molecule has 0 saturated carbocycles. The molecule has 3 aromatic carbocycles. The first-order valence-corrected chi connectivity index (χ1v) is 15.4. The number of ether oxygens (including phenoxy) is 6. The largest absolute Gasteiger partial charge is 0.487 e. The van der Waals surface area contributed by atoms with Crippen molar-refractivity contribution in [2.75, 3.05) is 46.2 Å². The van der Waals surface area contributed by atoms with Crippen LogP contribution in [0.4, 0.5) is 0 Å². The second kappa shape index (κ2) is 16.0. The van der Waals surface area contributed by atoms with E-state index in [0.717, 1.165) is 16.7 Å². The average molecular weight is 622 g/mol. The average Bonchev–Trinajstić information content (AvgIpc) is 3.00. The van der Waals surface area contributed by atoms with Crippen molar-refractivity contribution in [3.8, 4) is 23.0 Å². The zero-order valence-electron chi connectivity index (χ0n) is 27.4. The zero-order chi connectivity index (χ0) is 32.3. The second-order valence-electron chi connectivity index (χ2n) is 13.0. The Balaban J connectivity index is 1.52. The molecule has 1 heterocycles. The van der Waals surface area contributed by atoms with Gasteiger partial charge >= 0.3 is 0 Å². The van der Waals surface area contributed by atoms with Crippen LogP contribution in [0.15, 0.2) is 66.7 Å². The fraction of sp³-hybridized carbons (Fsp3) is 0.472. The molecule has 244 valence electrons. The molecule has 0 atom stereocenters. The van der Waals surface area contributed by atoms with Gasteiger partial charge < -0.3 is 28.4 Å². The van der Waals surface area contributed by atoms with Crippen LogP contribution in [0.3, 0.4) is 0 Å². The van der Waals surface area contributed by atoms with Crippen molar-refractivity contribution >= 4 is 5.91 Å². The summed E-state index contributed by atoms with van der Waals surface area (Å²) in [6, 6.07) is 21.5. The van der Waals surface area contributed by atoms with E-state index in [1.54, 1.807) is 0 Å². The van der Waals surface area contributed by atoms with Crippen molar-refractivity contribution in [2.45, 2.75) is 65.1 Å². The van der Waals surface area contributed by atoms with Gasteiger partial charge in [0.1, 0.15) is 39.1 Å². The molecule has 4 rings (SSSR count). The number of carbonyl (C=O) groups is 1. The van der Waals surface area contributed by atoms with Crippen LogP contribution in [0.25, 0.3) is 0 Å². The number of fused-ring (bicyclic) bond motifs is 2. The first-order chi connectivity index (χ1) is 21.5. The predicted octanol–water partition coefficient (Wildman–Crippen LogP) is 6.16. The van der Waals surface area contributed by atoms with Crippen LogP contribution in [-0.2, 0) is 36.5 Å². The van der Waals surface area contributed by atoms with Gasteiger partial charge in [-0.15, -0.1) is 0 Å². The monoisotopic (exact) mass is 621 g/mol. The maximum atomic E-state index is 12.6. The Hall–Kier alpha value is -3.79. The normalized spacial score (nSPS) is 15.3. The molecule has 0 saturated heterocycles. The molecule has 3 aromatic rings.